The largest absolute Gasteiger partial charge is 0.459 e. The van der Waals surface area contributed by atoms with Gasteiger partial charge in [-0.2, -0.15) is 0 Å². The van der Waals surface area contributed by atoms with Gasteiger partial charge in [0.05, 0.1) is 0 Å². The van der Waals surface area contributed by atoms with Gasteiger partial charge in [-0.3, -0.25) is 0 Å². The summed E-state index contributed by atoms with van der Waals surface area (Å²) in [6.07, 6.45) is -1.08. The van der Waals surface area contributed by atoms with Gasteiger partial charge in [0.25, 0.3) is 0 Å². The van der Waals surface area contributed by atoms with Gasteiger partial charge in [0.15, 0.2) is 23.6 Å². The Morgan fingerprint density at radius 2 is 1.85 bits per heavy atom. The first-order valence-electron chi connectivity index (χ1n) is 8.79. The van der Waals surface area contributed by atoms with E-state index in [-0.39, 0.29) is 12.9 Å². The summed E-state index contributed by atoms with van der Waals surface area (Å²) in [4.78, 5) is 24.3. The molecule has 1 amide bonds. The molecule has 0 bridgehead atoms. The van der Waals surface area contributed by atoms with E-state index >= 15 is 0 Å². The van der Waals surface area contributed by atoms with Crippen molar-refractivity contribution in [2.24, 2.45) is 0 Å². The van der Waals surface area contributed by atoms with Crippen molar-refractivity contribution < 1.29 is 28.5 Å². The number of esters is 1. The molecule has 3 unspecified atom stereocenters. The second-order valence-corrected chi connectivity index (χ2v) is 6.32. The van der Waals surface area contributed by atoms with Crippen LogP contribution in [0.25, 0.3) is 0 Å². The van der Waals surface area contributed by atoms with Crippen molar-refractivity contribution in [1.29, 1.82) is 0 Å². The number of hydrogen-bond donors (Lipinski definition) is 1. The molecule has 0 spiro atoms. The van der Waals surface area contributed by atoms with Crippen LogP contribution in [-0.4, -0.2) is 24.4 Å². The molecule has 2 aliphatic rings. The lowest BCUT2D eigenvalue weighted by Crippen LogP contribution is -2.37. The molecule has 140 valence electrons. The Morgan fingerprint density at radius 3 is 2.63 bits per heavy atom. The smallest absolute Gasteiger partial charge is 0.408 e. The summed E-state index contributed by atoms with van der Waals surface area (Å²) in [7, 11) is 0. The van der Waals surface area contributed by atoms with E-state index in [0.717, 1.165) is 5.56 Å². The lowest BCUT2D eigenvalue weighted by molar-refractivity contribution is -0.148. The average molecular weight is 369 g/mol. The summed E-state index contributed by atoms with van der Waals surface area (Å²) < 4.78 is 22.0. The standard InChI is InChI=1S/C20H19NO6/c1-2-16-25-14-9-8-13(10-15(14)26-16)18-17(21-20(23)27-18)19(22)24-11-12-6-4-3-5-7-12/h3-10,16-18H,2,11H2,1H3,(H,21,23). The number of carbonyl (C=O) groups is 2. The lowest BCUT2D eigenvalue weighted by Gasteiger charge is -2.16. The topological polar surface area (TPSA) is 83.1 Å². The summed E-state index contributed by atoms with van der Waals surface area (Å²) in [5, 5.41) is 2.52. The van der Waals surface area contributed by atoms with E-state index in [2.05, 4.69) is 5.32 Å². The number of hydrogen-bond acceptors (Lipinski definition) is 6. The molecular weight excluding hydrogens is 350 g/mol. The highest BCUT2D eigenvalue weighted by Gasteiger charge is 2.42. The molecule has 1 fully saturated rings. The fourth-order valence-corrected chi connectivity index (χ4v) is 3.05. The Hall–Kier alpha value is -3.22. The summed E-state index contributed by atoms with van der Waals surface area (Å²) in [5.41, 5.74) is 1.50. The van der Waals surface area contributed by atoms with Gasteiger partial charge in [0.2, 0.25) is 6.29 Å². The van der Waals surface area contributed by atoms with Gasteiger partial charge in [0.1, 0.15) is 6.61 Å². The minimum Gasteiger partial charge on any atom is -0.459 e. The van der Waals surface area contributed by atoms with Crippen LogP contribution < -0.4 is 14.8 Å². The molecule has 1 saturated heterocycles. The fourth-order valence-electron chi connectivity index (χ4n) is 3.05. The van der Waals surface area contributed by atoms with E-state index in [1.165, 1.54) is 0 Å². The quantitative estimate of drug-likeness (QED) is 0.816. The third-order valence-corrected chi connectivity index (χ3v) is 4.43. The fraction of sp³-hybridized carbons (Fsp3) is 0.300. The summed E-state index contributed by atoms with van der Waals surface area (Å²) in [6, 6.07) is 13.6. The monoisotopic (exact) mass is 369 g/mol. The Labute approximate surface area is 156 Å². The van der Waals surface area contributed by atoms with Crippen LogP contribution in [0.2, 0.25) is 0 Å². The first-order chi connectivity index (χ1) is 13.1. The molecule has 7 nitrogen and oxygen atoms in total. The molecule has 2 heterocycles. The first kappa shape index (κ1) is 17.2. The number of cyclic esters (lactones) is 1. The number of ether oxygens (including phenoxy) is 4. The van der Waals surface area contributed by atoms with Crippen molar-refractivity contribution in [2.45, 2.75) is 38.4 Å². The Balaban J connectivity index is 1.48. The summed E-state index contributed by atoms with van der Waals surface area (Å²) >= 11 is 0. The zero-order chi connectivity index (χ0) is 18.8. The minimum absolute atomic E-state index is 0.123. The second kappa shape index (κ2) is 7.19. The first-order valence-corrected chi connectivity index (χ1v) is 8.79. The molecule has 2 aromatic carbocycles. The number of benzene rings is 2. The molecule has 3 atom stereocenters. The highest BCUT2D eigenvalue weighted by molar-refractivity contribution is 5.85. The van der Waals surface area contributed by atoms with Crippen LogP contribution in [0.5, 0.6) is 11.5 Å². The predicted molar refractivity (Wildman–Crippen MR) is 94.2 cm³/mol. The maximum atomic E-state index is 12.5. The van der Waals surface area contributed by atoms with Crippen LogP contribution in [0.15, 0.2) is 48.5 Å². The van der Waals surface area contributed by atoms with Crippen LogP contribution in [0.1, 0.15) is 30.6 Å². The number of rotatable bonds is 5. The minimum atomic E-state index is -0.927. The van der Waals surface area contributed by atoms with Crippen LogP contribution >= 0.6 is 0 Å². The van der Waals surface area contributed by atoms with E-state index in [0.29, 0.717) is 23.5 Å². The molecule has 27 heavy (non-hydrogen) atoms. The zero-order valence-electron chi connectivity index (χ0n) is 14.7. The van der Waals surface area contributed by atoms with Crippen molar-refractivity contribution >= 4 is 12.1 Å². The third-order valence-electron chi connectivity index (χ3n) is 4.43. The number of alkyl carbamates (subject to hydrolysis) is 1. The number of fused-ring (bicyclic) bond motifs is 1. The molecule has 0 saturated carbocycles. The van der Waals surface area contributed by atoms with Gasteiger partial charge in [-0.05, 0) is 23.3 Å². The van der Waals surface area contributed by atoms with Gasteiger partial charge in [-0.25, -0.2) is 9.59 Å². The normalized spacial score (nSPS) is 22.9. The van der Waals surface area contributed by atoms with E-state index < -0.39 is 24.2 Å². The van der Waals surface area contributed by atoms with E-state index in [9.17, 15) is 9.59 Å². The second-order valence-electron chi connectivity index (χ2n) is 6.32. The van der Waals surface area contributed by atoms with Crippen molar-refractivity contribution in [2.75, 3.05) is 0 Å². The molecule has 2 aliphatic heterocycles. The van der Waals surface area contributed by atoms with E-state index in [1.807, 2.05) is 37.3 Å². The predicted octanol–water partition coefficient (Wildman–Crippen LogP) is 3.09. The van der Waals surface area contributed by atoms with Gasteiger partial charge in [0, 0.05) is 6.42 Å². The Kier molecular flexibility index (Phi) is 4.58. The van der Waals surface area contributed by atoms with Crippen LogP contribution in [-0.2, 0) is 20.9 Å². The van der Waals surface area contributed by atoms with Crippen molar-refractivity contribution in [1.82, 2.24) is 5.32 Å². The Bertz CT molecular complexity index is 853. The average Bonchev–Trinajstić information content (AvgIpc) is 3.29. The van der Waals surface area contributed by atoms with Gasteiger partial charge >= 0.3 is 12.1 Å². The SMILES string of the molecule is CCC1Oc2ccc(C3OC(=O)NC3C(=O)OCc3ccccc3)cc2O1. The van der Waals surface area contributed by atoms with Crippen LogP contribution in [0.3, 0.4) is 0 Å². The Morgan fingerprint density at radius 1 is 1.07 bits per heavy atom. The van der Waals surface area contributed by atoms with Gasteiger partial charge < -0.3 is 24.3 Å². The molecule has 0 radical (unpaired) electrons. The van der Waals surface area contributed by atoms with E-state index in [1.54, 1.807) is 18.2 Å². The molecule has 2 aromatic rings. The van der Waals surface area contributed by atoms with Crippen molar-refractivity contribution in [3.63, 3.8) is 0 Å². The molecule has 1 N–H and O–H groups in total. The zero-order valence-corrected chi connectivity index (χ0v) is 14.7. The molecular formula is C20H19NO6. The molecule has 4 rings (SSSR count). The maximum absolute atomic E-state index is 12.5. The van der Waals surface area contributed by atoms with Crippen molar-refractivity contribution in [3.8, 4) is 11.5 Å². The van der Waals surface area contributed by atoms with Crippen LogP contribution in [0, 0.1) is 0 Å². The molecule has 7 heteroatoms. The number of nitrogens with one attached hydrogen (secondary N) is 1. The number of amides is 1. The molecule has 0 aromatic heterocycles. The van der Waals surface area contributed by atoms with Crippen LogP contribution in [0.4, 0.5) is 4.79 Å². The van der Waals surface area contributed by atoms with Gasteiger partial charge in [-0.15, -0.1) is 0 Å². The van der Waals surface area contributed by atoms with Gasteiger partial charge in [-0.1, -0.05) is 43.3 Å². The van der Waals surface area contributed by atoms with E-state index in [4.69, 9.17) is 18.9 Å². The highest BCUT2D eigenvalue weighted by Crippen LogP contribution is 2.39. The number of carbonyl (C=O) groups excluding carboxylic acids is 2. The van der Waals surface area contributed by atoms with Crippen molar-refractivity contribution in [3.05, 3.63) is 59.7 Å². The summed E-state index contributed by atoms with van der Waals surface area (Å²) in [6.45, 7) is 2.08. The molecule has 0 aliphatic carbocycles. The maximum Gasteiger partial charge on any atom is 0.408 e. The highest BCUT2D eigenvalue weighted by atomic mass is 16.7. The lowest BCUT2D eigenvalue weighted by atomic mass is 10.0. The summed E-state index contributed by atoms with van der Waals surface area (Å²) in [5.74, 6) is 0.642. The third kappa shape index (κ3) is 3.53.